The van der Waals surface area contributed by atoms with Crippen molar-refractivity contribution in [2.45, 2.75) is 37.6 Å². The lowest BCUT2D eigenvalue weighted by Crippen LogP contribution is -2.19. The fourth-order valence-electron chi connectivity index (χ4n) is 1.56. The largest absolute Gasteiger partial charge is 0.310 e. The molecule has 0 bridgehead atoms. The number of unbranched alkanes of at least 4 members (excludes halogenated alkanes) is 1. The molecule has 0 aliphatic carbocycles. The first kappa shape index (κ1) is 13.4. The predicted molar refractivity (Wildman–Crippen MR) is 70.1 cm³/mol. The molecule has 1 N–H and O–H groups in total. The van der Waals surface area contributed by atoms with Crippen LogP contribution in [0.1, 0.15) is 38.3 Å². The van der Waals surface area contributed by atoms with Crippen molar-refractivity contribution in [2.75, 3.05) is 12.8 Å². The molecule has 0 aromatic heterocycles. The summed E-state index contributed by atoms with van der Waals surface area (Å²) in [7, 11) is -0.878. The third kappa shape index (κ3) is 4.06. The zero-order valence-electron chi connectivity index (χ0n) is 10.3. The minimum absolute atomic E-state index is 0.367. The highest BCUT2D eigenvalue weighted by Gasteiger charge is 2.04. The van der Waals surface area contributed by atoms with Gasteiger partial charge in [0, 0.05) is 28.0 Å². The van der Waals surface area contributed by atoms with Crippen molar-refractivity contribution in [3.8, 4) is 0 Å². The second-order valence-corrected chi connectivity index (χ2v) is 5.43. The summed E-state index contributed by atoms with van der Waals surface area (Å²) in [5, 5.41) is 3.47. The van der Waals surface area contributed by atoms with Gasteiger partial charge in [0.1, 0.15) is 0 Å². The van der Waals surface area contributed by atoms with Crippen LogP contribution in [0.4, 0.5) is 0 Å². The fourth-order valence-corrected chi connectivity index (χ4v) is 2.08. The average molecular weight is 239 g/mol. The molecule has 0 saturated heterocycles. The number of hydrogen-bond acceptors (Lipinski definition) is 2. The summed E-state index contributed by atoms with van der Waals surface area (Å²) >= 11 is 0. The SMILES string of the molecule is CCCCNC(C)c1ccc(S(C)=O)cc1. The van der Waals surface area contributed by atoms with E-state index in [4.69, 9.17) is 0 Å². The predicted octanol–water partition coefficient (Wildman–Crippen LogP) is 2.87. The molecule has 0 heterocycles. The minimum Gasteiger partial charge on any atom is -0.310 e. The molecular weight excluding hydrogens is 218 g/mol. The molecule has 16 heavy (non-hydrogen) atoms. The van der Waals surface area contributed by atoms with E-state index in [1.165, 1.54) is 18.4 Å². The van der Waals surface area contributed by atoms with Crippen molar-refractivity contribution in [1.82, 2.24) is 5.32 Å². The smallest absolute Gasteiger partial charge is 0.0498 e. The highest BCUT2D eigenvalue weighted by atomic mass is 32.2. The van der Waals surface area contributed by atoms with E-state index in [1.807, 2.05) is 12.1 Å². The summed E-state index contributed by atoms with van der Waals surface area (Å²) in [6.45, 7) is 5.41. The lowest BCUT2D eigenvalue weighted by Gasteiger charge is -2.14. The minimum atomic E-state index is -0.878. The van der Waals surface area contributed by atoms with E-state index in [9.17, 15) is 4.21 Å². The molecule has 0 fully saturated rings. The van der Waals surface area contributed by atoms with Crippen LogP contribution in [0.15, 0.2) is 29.2 Å². The Morgan fingerprint density at radius 2 is 1.94 bits per heavy atom. The van der Waals surface area contributed by atoms with E-state index in [0.717, 1.165) is 11.4 Å². The first-order valence-electron chi connectivity index (χ1n) is 5.82. The number of benzene rings is 1. The summed E-state index contributed by atoms with van der Waals surface area (Å²) in [5.41, 5.74) is 1.25. The molecule has 0 aliphatic heterocycles. The molecule has 1 aromatic carbocycles. The standard InChI is InChI=1S/C13H21NOS/c1-4-5-10-14-11(2)12-6-8-13(9-7-12)16(3)15/h6-9,11,14H,4-5,10H2,1-3H3. The Labute approximate surface area is 101 Å². The van der Waals surface area contributed by atoms with Crippen molar-refractivity contribution in [3.05, 3.63) is 29.8 Å². The quantitative estimate of drug-likeness (QED) is 0.773. The molecule has 2 atom stereocenters. The summed E-state index contributed by atoms with van der Waals surface area (Å²) in [5.74, 6) is 0. The van der Waals surface area contributed by atoms with Crippen LogP contribution in [-0.2, 0) is 10.8 Å². The molecule has 90 valence electrons. The summed E-state index contributed by atoms with van der Waals surface area (Å²) in [4.78, 5) is 0.893. The molecule has 0 radical (unpaired) electrons. The van der Waals surface area contributed by atoms with Crippen LogP contribution in [0.3, 0.4) is 0 Å². The molecule has 1 rings (SSSR count). The molecular formula is C13H21NOS. The van der Waals surface area contributed by atoms with Gasteiger partial charge >= 0.3 is 0 Å². The van der Waals surface area contributed by atoms with Gasteiger partial charge < -0.3 is 5.32 Å². The van der Waals surface area contributed by atoms with Crippen LogP contribution in [-0.4, -0.2) is 17.0 Å². The molecule has 2 unspecified atom stereocenters. The second kappa shape index (κ2) is 6.81. The van der Waals surface area contributed by atoms with Gasteiger partial charge in [0.2, 0.25) is 0 Å². The Kier molecular flexibility index (Phi) is 5.71. The van der Waals surface area contributed by atoms with Crippen molar-refractivity contribution >= 4 is 10.8 Å². The highest BCUT2D eigenvalue weighted by Crippen LogP contribution is 2.14. The Bertz CT molecular complexity index is 334. The van der Waals surface area contributed by atoms with E-state index in [1.54, 1.807) is 6.26 Å². The molecule has 3 heteroatoms. The van der Waals surface area contributed by atoms with Crippen LogP contribution < -0.4 is 5.32 Å². The van der Waals surface area contributed by atoms with Gasteiger partial charge in [-0.3, -0.25) is 4.21 Å². The van der Waals surface area contributed by atoms with Crippen molar-refractivity contribution in [3.63, 3.8) is 0 Å². The van der Waals surface area contributed by atoms with Crippen LogP contribution in [0.25, 0.3) is 0 Å². The van der Waals surface area contributed by atoms with Gasteiger partial charge in [-0.15, -0.1) is 0 Å². The van der Waals surface area contributed by atoms with E-state index >= 15 is 0 Å². The summed E-state index contributed by atoms with van der Waals surface area (Å²) in [6, 6.07) is 8.37. The van der Waals surface area contributed by atoms with Gasteiger partial charge in [0.25, 0.3) is 0 Å². The van der Waals surface area contributed by atoms with Gasteiger partial charge in [-0.1, -0.05) is 25.5 Å². The topological polar surface area (TPSA) is 29.1 Å². The maximum atomic E-state index is 11.2. The molecule has 1 aromatic rings. The molecule has 0 spiro atoms. The first-order chi connectivity index (χ1) is 7.65. The van der Waals surface area contributed by atoms with Crippen molar-refractivity contribution in [2.24, 2.45) is 0 Å². The second-order valence-electron chi connectivity index (χ2n) is 4.05. The van der Waals surface area contributed by atoms with E-state index in [-0.39, 0.29) is 0 Å². The average Bonchev–Trinajstić information content (AvgIpc) is 2.29. The zero-order chi connectivity index (χ0) is 12.0. The van der Waals surface area contributed by atoms with Gasteiger partial charge in [-0.25, -0.2) is 0 Å². The third-order valence-corrected chi connectivity index (χ3v) is 3.63. The van der Waals surface area contributed by atoms with Crippen LogP contribution >= 0.6 is 0 Å². The van der Waals surface area contributed by atoms with E-state index in [0.29, 0.717) is 6.04 Å². The van der Waals surface area contributed by atoms with Crippen LogP contribution in [0.2, 0.25) is 0 Å². The monoisotopic (exact) mass is 239 g/mol. The summed E-state index contributed by atoms with van der Waals surface area (Å²) < 4.78 is 11.2. The van der Waals surface area contributed by atoms with Crippen LogP contribution in [0.5, 0.6) is 0 Å². The van der Waals surface area contributed by atoms with Gasteiger partial charge in [0.05, 0.1) is 0 Å². The normalized spacial score (nSPS) is 14.7. The lowest BCUT2D eigenvalue weighted by atomic mass is 10.1. The van der Waals surface area contributed by atoms with Gasteiger partial charge in [-0.05, 0) is 37.6 Å². The highest BCUT2D eigenvalue weighted by molar-refractivity contribution is 7.84. The van der Waals surface area contributed by atoms with Gasteiger partial charge in [0.15, 0.2) is 0 Å². The molecule has 0 amide bonds. The molecule has 2 nitrogen and oxygen atoms in total. The molecule has 0 aliphatic rings. The lowest BCUT2D eigenvalue weighted by molar-refractivity contribution is 0.554. The van der Waals surface area contributed by atoms with Crippen molar-refractivity contribution in [1.29, 1.82) is 0 Å². The van der Waals surface area contributed by atoms with E-state index in [2.05, 4.69) is 31.3 Å². The maximum absolute atomic E-state index is 11.2. The van der Waals surface area contributed by atoms with E-state index < -0.39 is 10.8 Å². The Morgan fingerprint density at radius 3 is 2.44 bits per heavy atom. The Hall–Kier alpha value is -0.670. The Balaban J connectivity index is 2.56. The first-order valence-corrected chi connectivity index (χ1v) is 7.37. The van der Waals surface area contributed by atoms with Crippen molar-refractivity contribution < 1.29 is 4.21 Å². The third-order valence-electron chi connectivity index (χ3n) is 2.69. The summed E-state index contributed by atoms with van der Waals surface area (Å²) in [6.07, 6.45) is 4.13. The number of nitrogens with one attached hydrogen (secondary N) is 1. The van der Waals surface area contributed by atoms with Gasteiger partial charge in [-0.2, -0.15) is 0 Å². The maximum Gasteiger partial charge on any atom is 0.0498 e. The number of rotatable bonds is 6. The fraction of sp³-hybridized carbons (Fsp3) is 0.538. The zero-order valence-corrected chi connectivity index (χ0v) is 11.1. The number of hydrogen-bond donors (Lipinski definition) is 1. The Morgan fingerprint density at radius 1 is 1.31 bits per heavy atom. The van der Waals surface area contributed by atoms with Crippen LogP contribution in [0, 0.1) is 0 Å². The molecule has 0 saturated carbocycles.